The van der Waals surface area contributed by atoms with E-state index in [1.807, 2.05) is 36.4 Å². The number of benzene rings is 2. The average Bonchev–Trinajstić information content (AvgIpc) is 3.18. The van der Waals surface area contributed by atoms with Gasteiger partial charge in [0.25, 0.3) is 0 Å². The number of hydrogen-bond acceptors (Lipinski definition) is 10. The van der Waals surface area contributed by atoms with Crippen molar-refractivity contribution in [2.75, 3.05) is 14.2 Å². The van der Waals surface area contributed by atoms with Crippen LogP contribution in [0, 0.1) is 34.5 Å². The predicted octanol–water partition coefficient (Wildman–Crippen LogP) is 10.1. The molecular weight excluding hydrogens is 770 g/mol. The van der Waals surface area contributed by atoms with Gasteiger partial charge in [0.15, 0.2) is 11.5 Å². The topological polar surface area (TPSA) is 136 Å². The lowest BCUT2D eigenvalue weighted by atomic mass is 10.1. The number of rotatable bonds is 9. The number of halogens is 4. The lowest BCUT2D eigenvalue weighted by Gasteiger charge is -2.13. The Morgan fingerprint density at radius 3 is 1.65 bits per heavy atom. The monoisotopic (exact) mass is 794 g/mol. The summed E-state index contributed by atoms with van der Waals surface area (Å²) in [5.41, 5.74) is 3.46. The maximum Gasteiger partial charge on any atom is 0.237 e. The van der Waals surface area contributed by atoms with E-state index in [9.17, 15) is 0 Å². The minimum atomic E-state index is 0.169. The number of ether oxygens (including phenoxy) is 4. The highest BCUT2D eigenvalue weighted by Crippen LogP contribution is 2.38. The Hall–Kier alpha value is -6.06. The molecule has 0 aliphatic heterocycles. The molecule has 0 unspecified atom stereocenters. The first-order valence-corrected chi connectivity index (χ1v) is 17.3. The molecule has 10 nitrogen and oxygen atoms in total. The Balaban J connectivity index is 0.000000208. The second kappa shape index (κ2) is 19.1. The smallest absolute Gasteiger partial charge is 0.237 e. The molecule has 2 aromatic carbocycles. The van der Waals surface area contributed by atoms with Crippen molar-refractivity contribution in [3.63, 3.8) is 0 Å². The van der Waals surface area contributed by atoms with Crippen LogP contribution >= 0.6 is 46.4 Å². The number of methoxy groups -OCH3 is 2. The summed E-state index contributed by atoms with van der Waals surface area (Å²) >= 11 is 24.7. The van der Waals surface area contributed by atoms with E-state index in [1.165, 1.54) is 20.3 Å². The number of nitrogens with zero attached hydrogens (tertiary/aromatic N) is 6. The van der Waals surface area contributed by atoms with Crippen LogP contribution in [0.2, 0.25) is 20.1 Å². The Kier molecular flexibility index (Phi) is 13.9. The molecule has 0 spiro atoms. The number of aryl methyl sites for hydroxylation is 2. The molecule has 0 saturated heterocycles. The summed E-state index contributed by atoms with van der Waals surface area (Å²) in [7, 11) is 2.94. The average molecular weight is 796 g/mol. The SMILES string of the molecule is COc1nc(C#Cc2ccccn2)cc(Oc2cc(Cl)cc(C#N)c2)c1Cl.COc1nc(CCc2ccccn2)cc(Oc2cc(Cl)cc(C#N)c2)c1Cl. The van der Waals surface area contributed by atoms with E-state index >= 15 is 0 Å². The summed E-state index contributed by atoms with van der Waals surface area (Å²) < 4.78 is 22.1. The zero-order valence-electron chi connectivity index (χ0n) is 28.5. The van der Waals surface area contributed by atoms with E-state index < -0.39 is 0 Å². The summed E-state index contributed by atoms with van der Waals surface area (Å²) in [4.78, 5) is 17.1. The fourth-order valence-electron chi connectivity index (χ4n) is 4.62. The number of hydrogen-bond donors (Lipinski definition) is 0. The molecule has 0 aliphatic carbocycles. The lowest BCUT2D eigenvalue weighted by molar-refractivity contribution is 0.390. The standard InChI is InChI=1S/C20H15Cl2N3O2.C20H11Cl2N3O2/c2*1-26-20-19(22)18(27-17-9-13(12-23)8-14(21)10-17)11-16(25-20)6-5-15-4-2-3-7-24-15/h2-4,7-11H,5-6H2,1H3;2-4,7-11H,1H3. The minimum Gasteiger partial charge on any atom is -0.480 e. The van der Waals surface area contributed by atoms with Crippen molar-refractivity contribution >= 4 is 46.4 Å². The van der Waals surface area contributed by atoms with E-state index in [-0.39, 0.29) is 27.6 Å². The van der Waals surface area contributed by atoms with Crippen LogP contribution in [0.15, 0.2) is 97.3 Å². The van der Waals surface area contributed by atoms with Crippen molar-refractivity contribution in [1.82, 2.24) is 19.9 Å². The summed E-state index contributed by atoms with van der Waals surface area (Å²) in [5, 5.41) is 19.4. The minimum absolute atomic E-state index is 0.169. The molecule has 4 heterocycles. The lowest BCUT2D eigenvalue weighted by Crippen LogP contribution is -2.00. The molecule has 0 atom stereocenters. The van der Waals surface area contributed by atoms with Crippen LogP contribution in [0.4, 0.5) is 0 Å². The van der Waals surface area contributed by atoms with Gasteiger partial charge in [-0.3, -0.25) is 4.98 Å². The molecule has 0 aliphatic rings. The van der Waals surface area contributed by atoms with Gasteiger partial charge in [-0.05, 0) is 85.3 Å². The largest absolute Gasteiger partial charge is 0.480 e. The Morgan fingerprint density at radius 2 is 1.11 bits per heavy atom. The van der Waals surface area contributed by atoms with E-state index in [1.54, 1.807) is 67.0 Å². The molecule has 268 valence electrons. The van der Waals surface area contributed by atoms with Crippen molar-refractivity contribution in [2.45, 2.75) is 12.8 Å². The van der Waals surface area contributed by atoms with Crippen LogP contribution in [-0.2, 0) is 12.8 Å². The summed E-state index contributed by atoms with van der Waals surface area (Å²) in [6.45, 7) is 0. The Labute approximate surface area is 331 Å². The Morgan fingerprint density at radius 1 is 0.574 bits per heavy atom. The summed E-state index contributed by atoms with van der Waals surface area (Å²) in [6.07, 6.45) is 4.76. The highest BCUT2D eigenvalue weighted by Gasteiger charge is 2.16. The van der Waals surface area contributed by atoms with Gasteiger partial charge in [-0.2, -0.15) is 10.5 Å². The first-order chi connectivity index (χ1) is 26.2. The second-order valence-electron chi connectivity index (χ2n) is 10.8. The fourth-order valence-corrected chi connectivity index (χ4v) is 5.50. The van der Waals surface area contributed by atoms with Gasteiger partial charge >= 0.3 is 0 Å². The zero-order valence-corrected chi connectivity index (χ0v) is 31.5. The third-order valence-electron chi connectivity index (χ3n) is 7.03. The molecule has 0 saturated carbocycles. The number of nitriles is 2. The van der Waals surface area contributed by atoms with Gasteiger partial charge in [-0.15, -0.1) is 0 Å². The maximum absolute atomic E-state index is 9.09. The van der Waals surface area contributed by atoms with Crippen molar-refractivity contribution in [3.05, 3.63) is 151 Å². The van der Waals surface area contributed by atoms with Gasteiger partial charge in [-0.1, -0.05) is 58.5 Å². The molecule has 0 amide bonds. The fraction of sp³-hybridized carbons (Fsp3) is 0.100. The van der Waals surface area contributed by atoms with Crippen molar-refractivity contribution in [2.24, 2.45) is 0 Å². The predicted molar refractivity (Wildman–Crippen MR) is 206 cm³/mol. The van der Waals surface area contributed by atoms with E-state index in [2.05, 4.69) is 31.8 Å². The van der Waals surface area contributed by atoms with Gasteiger partial charge in [0.05, 0.1) is 37.5 Å². The van der Waals surface area contributed by atoms with E-state index in [4.69, 9.17) is 75.9 Å². The summed E-state index contributed by atoms with van der Waals surface area (Å²) in [5.74, 6) is 7.67. The normalized spacial score (nSPS) is 10.0. The molecule has 14 heteroatoms. The highest BCUT2D eigenvalue weighted by molar-refractivity contribution is 6.34. The molecule has 0 N–H and O–H groups in total. The van der Waals surface area contributed by atoms with Crippen LogP contribution < -0.4 is 18.9 Å². The zero-order chi connectivity index (χ0) is 38.5. The molecule has 0 radical (unpaired) electrons. The van der Waals surface area contributed by atoms with Crippen molar-refractivity contribution in [3.8, 4) is 58.7 Å². The van der Waals surface area contributed by atoms with Crippen LogP contribution in [-0.4, -0.2) is 34.2 Å². The highest BCUT2D eigenvalue weighted by atomic mass is 35.5. The molecule has 54 heavy (non-hydrogen) atoms. The van der Waals surface area contributed by atoms with Gasteiger partial charge in [0.2, 0.25) is 11.8 Å². The first-order valence-electron chi connectivity index (χ1n) is 15.8. The molecule has 6 rings (SSSR count). The van der Waals surface area contributed by atoms with Gasteiger partial charge in [0.1, 0.15) is 32.9 Å². The van der Waals surface area contributed by atoms with Crippen LogP contribution in [0.1, 0.15) is 33.9 Å². The number of pyridine rings is 4. The molecule has 0 fully saturated rings. The van der Waals surface area contributed by atoms with Crippen molar-refractivity contribution < 1.29 is 18.9 Å². The van der Waals surface area contributed by atoms with E-state index in [0.717, 1.165) is 11.4 Å². The van der Waals surface area contributed by atoms with Crippen LogP contribution in [0.3, 0.4) is 0 Å². The maximum atomic E-state index is 9.09. The first kappa shape index (κ1) is 39.2. The molecular formula is C40H26Cl4N6O4. The summed E-state index contributed by atoms with van der Waals surface area (Å²) in [6, 6.07) is 28.0. The van der Waals surface area contributed by atoms with Crippen LogP contribution in [0.5, 0.6) is 34.8 Å². The molecule has 4 aromatic heterocycles. The van der Waals surface area contributed by atoms with Gasteiger partial charge in [0, 0.05) is 46.0 Å². The van der Waals surface area contributed by atoms with Gasteiger partial charge in [-0.25, -0.2) is 15.0 Å². The van der Waals surface area contributed by atoms with Crippen LogP contribution in [0.25, 0.3) is 0 Å². The third kappa shape index (κ3) is 11.0. The Bertz CT molecular complexity index is 2410. The molecule has 0 bridgehead atoms. The third-order valence-corrected chi connectivity index (χ3v) is 8.16. The second-order valence-corrected chi connectivity index (χ2v) is 12.5. The van der Waals surface area contributed by atoms with Crippen molar-refractivity contribution in [1.29, 1.82) is 10.5 Å². The van der Waals surface area contributed by atoms with Gasteiger partial charge < -0.3 is 18.9 Å². The molecule has 6 aromatic rings. The quantitative estimate of drug-likeness (QED) is 0.130. The number of aromatic nitrogens is 4. The van der Waals surface area contributed by atoms with E-state index in [0.29, 0.717) is 62.7 Å².